The summed E-state index contributed by atoms with van der Waals surface area (Å²) in [4.78, 5) is 23.1. The van der Waals surface area contributed by atoms with Crippen molar-refractivity contribution in [2.24, 2.45) is 0 Å². The van der Waals surface area contributed by atoms with E-state index in [0.29, 0.717) is 17.2 Å². The van der Waals surface area contributed by atoms with Crippen molar-refractivity contribution in [1.29, 1.82) is 0 Å². The smallest absolute Gasteiger partial charge is 0.275 e. The average Bonchev–Trinajstić information content (AvgIpc) is 3.12. The van der Waals surface area contributed by atoms with Crippen LogP contribution < -0.4 is 15.0 Å². The Balaban J connectivity index is 1.84. The zero-order chi connectivity index (χ0) is 17.8. The van der Waals surface area contributed by atoms with Gasteiger partial charge in [0.05, 0.1) is 18.4 Å². The van der Waals surface area contributed by atoms with E-state index in [2.05, 4.69) is 15.3 Å². The molecule has 7 heteroatoms. The number of hydrogen-bond donors (Lipinski definition) is 1. The van der Waals surface area contributed by atoms with E-state index < -0.39 is 0 Å². The van der Waals surface area contributed by atoms with Gasteiger partial charge in [-0.2, -0.15) is 0 Å². The molecule has 0 unspecified atom stereocenters. The van der Waals surface area contributed by atoms with Crippen molar-refractivity contribution in [3.63, 3.8) is 0 Å². The number of hydrogen-bond acceptors (Lipinski definition) is 6. The quantitative estimate of drug-likeness (QED) is 0.759. The first-order valence-electron chi connectivity index (χ1n) is 7.62. The lowest BCUT2D eigenvalue weighted by Gasteiger charge is -2.15. The molecule has 0 bridgehead atoms. The minimum absolute atomic E-state index is 0.270. The number of thiazole rings is 1. The minimum atomic E-state index is -0.270. The first kappa shape index (κ1) is 16.9. The van der Waals surface area contributed by atoms with Gasteiger partial charge in [-0.05, 0) is 24.3 Å². The van der Waals surface area contributed by atoms with Gasteiger partial charge >= 0.3 is 0 Å². The largest absolute Gasteiger partial charge is 0.496 e. The Bertz CT molecular complexity index is 892. The van der Waals surface area contributed by atoms with Gasteiger partial charge in [0.25, 0.3) is 5.91 Å². The van der Waals surface area contributed by atoms with Gasteiger partial charge in [0.2, 0.25) is 0 Å². The van der Waals surface area contributed by atoms with Crippen LogP contribution in [0, 0.1) is 0 Å². The molecular weight excluding hydrogens is 336 g/mol. The zero-order valence-corrected chi connectivity index (χ0v) is 15.0. The van der Waals surface area contributed by atoms with E-state index >= 15 is 0 Å². The van der Waals surface area contributed by atoms with Crippen molar-refractivity contribution < 1.29 is 9.53 Å². The molecule has 0 aliphatic carbocycles. The van der Waals surface area contributed by atoms with Crippen LogP contribution in [0.3, 0.4) is 0 Å². The molecule has 25 heavy (non-hydrogen) atoms. The summed E-state index contributed by atoms with van der Waals surface area (Å²) < 4.78 is 5.36. The highest BCUT2D eigenvalue weighted by molar-refractivity contribution is 7.13. The highest BCUT2D eigenvalue weighted by Gasteiger charge is 2.16. The van der Waals surface area contributed by atoms with Crippen LogP contribution in [0.25, 0.3) is 10.6 Å². The Morgan fingerprint density at radius 1 is 1.20 bits per heavy atom. The number of nitrogens with one attached hydrogen (secondary N) is 1. The molecule has 3 aromatic rings. The summed E-state index contributed by atoms with van der Waals surface area (Å²) in [5.74, 6) is 1.15. The third kappa shape index (κ3) is 3.61. The van der Waals surface area contributed by atoms with E-state index in [-0.39, 0.29) is 5.91 Å². The van der Waals surface area contributed by atoms with Gasteiger partial charge < -0.3 is 15.0 Å². The zero-order valence-electron chi connectivity index (χ0n) is 14.2. The van der Waals surface area contributed by atoms with Gasteiger partial charge in [0, 0.05) is 25.7 Å². The molecule has 0 spiro atoms. The number of anilines is 2. The van der Waals surface area contributed by atoms with Crippen molar-refractivity contribution >= 4 is 28.7 Å². The molecule has 0 fully saturated rings. The normalized spacial score (nSPS) is 10.4. The molecule has 0 atom stereocenters. The fraction of sp³-hybridized carbons (Fsp3) is 0.167. The van der Waals surface area contributed by atoms with E-state index in [4.69, 9.17) is 4.74 Å². The standard InChI is InChI=1S/C18H18N4O2S/c1-22(2)16-13(8-6-10-19-16)20-17(23)14-11-25-18(21-14)12-7-4-5-9-15(12)24-3/h4-11H,1-3H3,(H,20,23). The van der Waals surface area contributed by atoms with Crippen molar-refractivity contribution in [3.8, 4) is 16.3 Å². The molecule has 0 saturated carbocycles. The maximum Gasteiger partial charge on any atom is 0.275 e. The van der Waals surface area contributed by atoms with Gasteiger partial charge in [0.1, 0.15) is 16.5 Å². The number of carbonyl (C=O) groups is 1. The van der Waals surface area contributed by atoms with Crippen LogP contribution in [0.4, 0.5) is 11.5 Å². The second-order valence-electron chi connectivity index (χ2n) is 5.46. The number of pyridine rings is 1. The number of benzene rings is 1. The number of aromatic nitrogens is 2. The maximum absolute atomic E-state index is 12.5. The first-order valence-corrected chi connectivity index (χ1v) is 8.50. The predicted molar refractivity (Wildman–Crippen MR) is 101 cm³/mol. The molecule has 2 heterocycles. The fourth-order valence-corrected chi connectivity index (χ4v) is 3.19. The van der Waals surface area contributed by atoms with E-state index in [1.54, 1.807) is 24.8 Å². The Kier molecular flexibility index (Phi) is 4.95. The van der Waals surface area contributed by atoms with Gasteiger partial charge in [0.15, 0.2) is 5.82 Å². The summed E-state index contributed by atoms with van der Waals surface area (Å²) in [6, 6.07) is 11.2. The first-order chi connectivity index (χ1) is 12.1. The number of methoxy groups -OCH3 is 1. The number of ether oxygens (including phenoxy) is 1. The average molecular weight is 354 g/mol. The van der Waals surface area contributed by atoms with Gasteiger partial charge in [-0.25, -0.2) is 9.97 Å². The molecule has 1 N–H and O–H groups in total. The van der Waals surface area contributed by atoms with Crippen molar-refractivity contribution in [3.05, 3.63) is 53.7 Å². The third-order valence-corrected chi connectivity index (χ3v) is 4.41. The van der Waals surface area contributed by atoms with Crippen molar-refractivity contribution in [1.82, 2.24) is 9.97 Å². The summed E-state index contributed by atoms with van der Waals surface area (Å²) in [6.45, 7) is 0. The molecule has 6 nitrogen and oxygen atoms in total. The molecule has 0 radical (unpaired) electrons. The molecule has 0 aliphatic rings. The Morgan fingerprint density at radius 2 is 2.00 bits per heavy atom. The second-order valence-corrected chi connectivity index (χ2v) is 6.32. The molecule has 128 valence electrons. The van der Waals surface area contributed by atoms with Gasteiger partial charge in [-0.15, -0.1) is 11.3 Å². The number of para-hydroxylation sites is 1. The molecule has 1 aromatic carbocycles. The van der Waals surface area contributed by atoms with Crippen LogP contribution in [0.5, 0.6) is 5.75 Å². The summed E-state index contributed by atoms with van der Waals surface area (Å²) >= 11 is 1.40. The summed E-state index contributed by atoms with van der Waals surface area (Å²) in [7, 11) is 5.37. The minimum Gasteiger partial charge on any atom is -0.496 e. The van der Waals surface area contributed by atoms with Crippen LogP contribution >= 0.6 is 11.3 Å². The van der Waals surface area contributed by atoms with Crippen LogP contribution in [-0.4, -0.2) is 37.1 Å². The SMILES string of the molecule is COc1ccccc1-c1nc(C(=O)Nc2cccnc2N(C)C)cs1. The fourth-order valence-electron chi connectivity index (χ4n) is 2.36. The van der Waals surface area contributed by atoms with Crippen LogP contribution in [0.1, 0.15) is 10.5 Å². The summed E-state index contributed by atoms with van der Waals surface area (Å²) in [6.07, 6.45) is 1.69. The van der Waals surface area contributed by atoms with E-state index in [9.17, 15) is 4.79 Å². The third-order valence-electron chi connectivity index (χ3n) is 3.53. The van der Waals surface area contributed by atoms with E-state index in [1.165, 1.54) is 11.3 Å². The Morgan fingerprint density at radius 3 is 2.76 bits per heavy atom. The molecule has 0 aliphatic heterocycles. The Hall–Kier alpha value is -2.93. The van der Waals surface area contributed by atoms with Crippen LogP contribution in [-0.2, 0) is 0 Å². The molecular formula is C18H18N4O2S. The van der Waals surface area contributed by atoms with Crippen LogP contribution in [0.15, 0.2) is 48.0 Å². The molecule has 1 amide bonds. The molecule has 3 rings (SSSR count). The lowest BCUT2D eigenvalue weighted by atomic mass is 10.2. The number of rotatable bonds is 5. The van der Waals surface area contributed by atoms with Crippen LogP contribution in [0.2, 0.25) is 0 Å². The number of nitrogens with zero attached hydrogens (tertiary/aromatic N) is 3. The van der Waals surface area contributed by atoms with Crippen molar-refractivity contribution in [2.75, 3.05) is 31.4 Å². The lowest BCUT2D eigenvalue weighted by molar-refractivity contribution is 0.102. The number of carbonyl (C=O) groups excluding carboxylic acids is 1. The highest BCUT2D eigenvalue weighted by atomic mass is 32.1. The maximum atomic E-state index is 12.5. The van der Waals surface area contributed by atoms with Gasteiger partial charge in [-0.3, -0.25) is 4.79 Å². The highest BCUT2D eigenvalue weighted by Crippen LogP contribution is 2.32. The molecule has 0 saturated heterocycles. The lowest BCUT2D eigenvalue weighted by Crippen LogP contribution is -2.18. The summed E-state index contributed by atoms with van der Waals surface area (Å²) in [5.41, 5.74) is 1.87. The monoisotopic (exact) mass is 354 g/mol. The van der Waals surface area contributed by atoms with E-state index in [0.717, 1.165) is 16.3 Å². The summed E-state index contributed by atoms with van der Waals surface area (Å²) in [5, 5.41) is 5.35. The van der Waals surface area contributed by atoms with Gasteiger partial charge in [-0.1, -0.05) is 12.1 Å². The number of amides is 1. The topological polar surface area (TPSA) is 67.3 Å². The Labute approximate surface area is 150 Å². The van der Waals surface area contributed by atoms with E-state index in [1.807, 2.05) is 49.3 Å². The second kappa shape index (κ2) is 7.31. The predicted octanol–water partition coefficient (Wildman–Crippen LogP) is 3.53. The van der Waals surface area contributed by atoms with Crippen molar-refractivity contribution in [2.45, 2.75) is 0 Å². The molecule has 2 aromatic heterocycles.